The van der Waals surface area contributed by atoms with Crippen LogP contribution in [0, 0.1) is 0 Å². The van der Waals surface area contributed by atoms with Crippen LogP contribution < -0.4 is 0 Å². The zero-order chi connectivity index (χ0) is 13.7. The van der Waals surface area contributed by atoms with Gasteiger partial charge in [-0.25, -0.2) is 9.97 Å². The number of rotatable bonds is 7. The molecule has 2 aromatic heterocycles. The summed E-state index contributed by atoms with van der Waals surface area (Å²) >= 11 is 7.87. The maximum atomic E-state index is 5.89. The molecule has 0 radical (unpaired) electrons. The molecule has 0 N–H and O–H groups in total. The molecule has 0 aliphatic rings. The maximum Gasteiger partial charge on any atom is 0.160 e. The van der Waals surface area contributed by atoms with Gasteiger partial charge in [-0.2, -0.15) is 11.8 Å². The monoisotopic (exact) mass is 297 g/mol. The van der Waals surface area contributed by atoms with Crippen LogP contribution in [-0.4, -0.2) is 31.9 Å². The lowest BCUT2D eigenvalue weighted by molar-refractivity contribution is 0.525. The van der Waals surface area contributed by atoms with Crippen molar-refractivity contribution in [2.24, 2.45) is 0 Å². The second kappa shape index (κ2) is 7.15. The van der Waals surface area contributed by atoms with E-state index in [1.807, 2.05) is 30.1 Å². The van der Waals surface area contributed by atoms with Gasteiger partial charge in [0, 0.05) is 24.5 Å². The molecule has 0 amide bonds. The Labute approximate surface area is 123 Å². The molecule has 0 aliphatic heterocycles. The minimum Gasteiger partial charge on any atom is -0.310 e. The first-order valence-corrected chi connectivity index (χ1v) is 8.42. The Morgan fingerprint density at radius 2 is 2.32 bits per heavy atom. The van der Waals surface area contributed by atoms with Crippen LogP contribution in [0.2, 0.25) is 0 Å². The molecule has 3 nitrogen and oxygen atoms in total. The number of nitrogens with zero attached hydrogens (tertiary/aromatic N) is 3. The van der Waals surface area contributed by atoms with Crippen LogP contribution in [0.1, 0.15) is 32.1 Å². The molecule has 0 aliphatic carbocycles. The van der Waals surface area contributed by atoms with Crippen molar-refractivity contribution in [2.75, 3.05) is 17.4 Å². The van der Waals surface area contributed by atoms with Gasteiger partial charge in [0.25, 0.3) is 0 Å². The predicted molar refractivity (Wildman–Crippen MR) is 84.3 cm³/mol. The van der Waals surface area contributed by atoms with Crippen LogP contribution in [0.25, 0.3) is 11.2 Å². The van der Waals surface area contributed by atoms with Gasteiger partial charge >= 0.3 is 0 Å². The molecule has 2 aromatic rings. The van der Waals surface area contributed by atoms with Crippen LogP contribution in [0.4, 0.5) is 0 Å². The molecule has 104 valence electrons. The Morgan fingerprint density at radius 1 is 1.47 bits per heavy atom. The number of imidazole rings is 1. The van der Waals surface area contributed by atoms with Gasteiger partial charge in [0.05, 0.1) is 0 Å². The normalized spacial score (nSPS) is 13.0. The van der Waals surface area contributed by atoms with Crippen LogP contribution in [0.15, 0.2) is 18.3 Å². The third-order valence-electron chi connectivity index (χ3n) is 3.16. The molecule has 0 spiro atoms. The Balaban J connectivity index is 2.29. The van der Waals surface area contributed by atoms with Crippen LogP contribution in [0.3, 0.4) is 0 Å². The first-order valence-electron chi connectivity index (χ1n) is 6.73. The number of hydrogen-bond acceptors (Lipinski definition) is 3. The zero-order valence-electron chi connectivity index (χ0n) is 11.5. The summed E-state index contributed by atoms with van der Waals surface area (Å²) in [5.41, 5.74) is 1.95. The highest BCUT2D eigenvalue weighted by Gasteiger charge is 2.15. The maximum absolute atomic E-state index is 5.89. The molecule has 0 aromatic carbocycles. The van der Waals surface area contributed by atoms with Crippen LogP contribution in [0.5, 0.6) is 0 Å². The number of pyridine rings is 1. The summed E-state index contributed by atoms with van der Waals surface area (Å²) in [7, 11) is 0. The van der Waals surface area contributed by atoms with Crippen LogP contribution >= 0.6 is 23.4 Å². The van der Waals surface area contributed by atoms with E-state index >= 15 is 0 Å². The third kappa shape index (κ3) is 3.42. The van der Waals surface area contributed by atoms with E-state index < -0.39 is 0 Å². The molecule has 2 heterocycles. The van der Waals surface area contributed by atoms with Gasteiger partial charge < -0.3 is 4.57 Å². The molecule has 0 bridgehead atoms. The van der Waals surface area contributed by atoms with Gasteiger partial charge in [-0.15, -0.1) is 11.6 Å². The standard InChI is InChI=1S/C14H20ClN3S/c1-3-19-10-7-11(2)18-13(6-8-15)17-12-5-4-9-16-14(12)18/h4-5,9,11H,3,6-8,10H2,1-2H3. The summed E-state index contributed by atoms with van der Waals surface area (Å²) in [5, 5.41) is 0. The second-order valence-corrected chi connectivity index (χ2v) is 6.29. The molecule has 2 rings (SSSR count). The highest BCUT2D eigenvalue weighted by Crippen LogP contribution is 2.23. The highest BCUT2D eigenvalue weighted by atomic mass is 35.5. The number of hydrogen-bond donors (Lipinski definition) is 0. The lowest BCUT2D eigenvalue weighted by atomic mass is 10.2. The van der Waals surface area contributed by atoms with Crippen molar-refractivity contribution < 1.29 is 0 Å². The number of thioether (sulfide) groups is 1. The average molecular weight is 298 g/mol. The number of alkyl halides is 1. The van der Waals surface area contributed by atoms with Gasteiger partial charge in [0.2, 0.25) is 0 Å². The lowest BCUT2D eigenvalue weighted by Gasteiger charge is -2.16. The molecule has 5 heteroatoms. The fourth-order valence-electron chi connectivity index (χ4n) is 2.23. The van der Waals surface area contributed by atoms with Gasteiger partial charge in [0.1, 0.15) is 11.3 Å². The number of aromatic nitrogens is 3. The fraction of sp³-hybridized carbons (Fsp3) is 0.571. The van der Waals surface area contributed by atoms with E-state index in [2.05, 4.69) is 28.4 Å². The van der Waals surface area contributed by atoms with Gasteiger partial charge in [-0.05, 0) is 37.0 Å². The summed E-state index contributed by atoms with van der Waals surface area (Å²) in [6, 6.07) is 4.36. The molecule has 0 saturated carbocycles. The van der Waals surface area contributed by atoms with Gasteiger partial charge in [0.15, 0.2) is 5.65 Å². The van der Waals surface area contributed by atoms with E-state index in [-0.39, 0.29) is 0 Å². The third-order valence-corrected chi connectivity index (χ3v) is 4.29. The van der Waals surface area contributed by atoms with E-state index in [9.17, 15) is 0 Å². The molecule has 1 atom stereocenters. The van der Waals surface area contributed by atoms with Crippen molar-refractivity contribution in [2.45, 2.75) is 32.7 Å². The van der Waals surface area contributed by atoms with Crippen molar-refractivity contribution in [1.82, 2.24) is 14.5 Å². The fourth-order valence-corrected chi connectivity index (χ4v) is 3.19. The minimum absolute atomic E-state index is 0.414. The van der Waals surface area contributed by atoms with E-state index in [1.54, 1.807) is 0 Å². The van der Waals surface area contributed by atoms with Crippen molar-refractivity contribution in [3.8, 4) is 0 Å². The largest absolute Gasteiger partial charge is 0.310 e. The Morgan fingerprint density at radius 3 is 3.05 bits per heavy atom. The minimum atomic E-state index is 0.414. The van der Waals surface area contributed by atoms with E-state index in [1.165, 1.54) is 11.5 Å². The summed E-state index contributed by atoms with van der Waals surface area (Å²) in [6.07, 6.45) is 3.76. The molecule has 19 heavy (non-hydrogen) atoms. The Hall–Kier alpha value is -0.740. The predicted octanol–water partition coefficient (Wildman–Crippen LogP) is 3.92. The van der Waals surface area contributed by atoms with Crippen LogP contribution in [-0.2, 0) is 6.42 Å². The number of fused-ring (bicyclic) bond motifs is 1. The number of halogens is 1. The molecule has 0 saturated heterocycles. The summed E-state index contributed by atoms with van der Waals surface area (Å²) in [6.45, 7) is 4.44. The summed E-state index contributed by atoms with van der Waals surface area (Å²) in [4.78, 5) is 9.14. The Kier molecular flexibility index (Phi) is 5.52. The van der Waals surface area contributed by atoms with E-state index in [0.29, 0.717) is 11.9 Å². The number of aryl methyl sites for hydroxylation is 1. The average Bonchev–Trinajstić information content (AvgIpc) is 2.77. The highest BCUT2D eigenvalue weighted by molar-refractivity contribution is 7.99. The summed E-state index contributed by atoms with van der Waals surface area (Å²) < 4.78 is 2.26. The zero-order valence-corrected chi connectivity index (χ0v) is 13.0. The topological polar surface area (TPSA) is 30.7 Å². The smallest absolute Gasteiger partial charge is 0.160 e. The summed E-state index contributed by atoms with van der Waals surface area (Å²) in [5.74, 6) is 3.99. The van der Waals surface area contributed by atoms with Crippen molar-refractivity contribution in [3.05, 3.63) is 24.2 Å². The molecular formula is C14H20ClN3S. The van der Waals surface area contributed by atoms with Crippen molar-refractivity contribution in [1.29, 1.82) is 0 Å². The first-order chi connectivity index (χ1) is 9.27. The second-order valence-electron chi connectivity index (χ2n) is 4.52. The molecule has 0 fully saturated rings. The lowest BCUT2D eigenvalue weighted by Crippen LogP contribution is -2.11. The quantitative estimate of drug-likeness (QED) is 0.573. The SMILES string of the molecule is CCSCCC(C)n1c(CCCl)nc2cccnc21. The van der Waals surface area contributed by atoms with Crippen molar-refractivity contribution in [3.63, 3.8) is 0 Å². The van der Waals surface area contributed by atoms with E-state index in [4.69, 9.17) is 11.6 Å². The van der Waals surface area contributed by atoms with Gasteiger partial charge in [-0.3, -0.25) is 0 Å². The van der Waals surface area contributed by atoms with E-state index in [0.717, 1.165) is 29.8 Å². The van der Waals surface area contributed by atoms with Gasteiger partial charge in [-0.1, -0.05) is 6.92 Å². The first kappa shape index (κ1) is 14.7. The Bertz CT molecular complexity index is 526. The molecular weight excluding hydrogens is 278 g/mol. The molecule has 1 unspecified atom stereocenters. The van der Waals surface area contributed by atoms with Crippen molar-refractivity contribution >= 4 is 34.5 Å².